The predicted molar refractivity (Wildman–Crippen MR) is 71.5 cm³/mol. The maximum absolute atomic E-state index is 4.44. The highest BCUT2D eigenvalue weighted by molar-refractivity contribution is 5.44. The van der Waals surface area contributed by atoms with E-state index in [1.54, 1.807) is 0 Å². The molecule has 17 heavy (non-hydrogen) atoms. The van der Waals surface area contributed by atoms with Gasteiger partial charge < -0.3 is 10.2 Å². The van der Waals surface area contributed by atoms with Crippen LogP contribution in [0.25, 0.3) is 0 Å². The Bertz CT molecular complexity index is 347. The molecule has 1 aromatic rings. The molecule has 0 amide bonds. The van der Waals surface area contributed by atoms with Gasteiger partial charge in [-0.05, 0) is 40.0 Å². The SMILES string of the molecule is CC(C)(C)Nc1cnc(N2CCCCC2)nc1. The fourth-order valence-electron chi connectivity index (χ4n) is 2.08. The summed E-state index contributed by atoms with van der Waals surface area (Å²) in [6.45, 7) is 8.57. The Morgan fingerprint density at radius 1 is 1.06 bits per heavy atom. The van der Waals surface area contributed by atoms with Gasteiger partial charge >= 0.3 is 0 Å². The number of hydrogen-bond donors (Lipinski definition) is 1. The first-order chi connectivity index (χ1) is 8.04. The number of piperidine rings is 1. The maximum atomic E-state index is 4.44. The molecule has 1 aliphatic rings. The van der Waals surface area contributed by atoms with Crippen molar-refractivity contribution in [2.75, 3.05) is 23.3 Å². The first kappa shape index (κ1) is 12.1. The molecule has 1 N–H and O–H groups in total. The summed E-state index contributed by atoms with van der Waals surface area (Å²) in [6, 6.07) is 0. The van der Waals surface area contributed by atoms with E-state index in [2.05, 4.69) is 41.0 Å². The van der Waals surface area contributed by atoms with Gasteiger partial charge in [0.2, 0.25) is 5.95 Å². The average Bonchev–Trinajstić information content (AvgIpc) is 2.29. The molecule has 0 radical (unpaired) electrons. The lowest BCUT2D eigenvalue weighted by atomic mass is 10.1. The molecule has 2 heterocycles. The van der Waals surface area contributed by atoms with Crippen LogP contribution in [-0.2, 0) is 0 Å². The first-order valence-electron chi connectivity index (χ1n) is 6.40. The molecule has 94 valence electrons. The minimum atomic E-state index is 0.0516. The minimum Gasteiger partial charge on any atom is -0.378 e. The van der Waals surface area contributed by atoms with Gasteiger partial charge in [0, 0.05) is 18.6 Å². The van der Waals surface area contributed by atoms with Gasteiger partial charge in [0.1, 0.15) is 0 Å². The van der Waals surface area contributed by atoms with Gasteiger partial charge in [-0.3, -0.25) is 0 Å². The van der Waals surface area contributed by atoms with Gasteiger partial charge in [0.05, 0.1) is 18.1 Å². The molecular weight excluding hydrogens is 212 g/mol. The van der Waals surface area contributed by atoms with Crippen LogP contribution in [0, 0.1) is 0 Å². The number of aromatic nitrogens is 2. The summed E-state index contributed by atoms with van der Waals surface area (Å²) in [4.78, 5) is 11.1. The molecule has 1 saturated heterocycles. The summed E-state index contributed by atoms with van der Waals surface area (Å²) in [7, 11) is 0. The van der Waals surface area contributed by atoms with Crippen molar-refractivity contribution in [2.24, 2.45) is 0 Å². The molecule has 0 aliphatic carbocycles. The highest BCUT2D eigenvalue weighted by atomic mass is 15.2. The van der Waals surface area contributed by atoms with Crippen LogP contribution in [0.5, 0.6) is 0 Å². The van der Waals surface area contributed by atoms with Gasteiger partial charge in [0.15, 0.2) is 0 Å². The Hall–Kier alpha value is -1.32. The third-order valence-corrected chi connectivity index (χ3v) is 2.80. The molecular formula is C13H22N4. The Labute approximate surface area is 103 Å². The van der Waals surface area contributed by atoms with E-state index in [-0.39, 0.29) is 5.54 Å². The van der Waals surface area contributed by atoms with Crippen molar-refractivity contribution < 1.29 is 0 Å². The molecule has 2 rings (SSSR count). The van der Waals surface area contributed by atoms with Gasteiger partial charge in [-0.1, -0.05) is 0 Å². The van der Waals surface area contributed by atoms with Gasteiger partial charge in [0.25, 0.3) is 0 Å². The Kier molecular flexibility index (Phi) is 3.50. The summed E-state index contributed by atoms with van der Waals surface area (Å²) in [6.07, 6.45) is 7.60. The number of rotatable bonds is 2. The standard InChI is InChI=1S/C13H22N4/c1-13(2,3)16-11-9-14-12(15-10-11)17-7-5-4-6-8-17/h9-10,16H,4-8H2,1-3H3. The van der Waals surface area contributed by atoms with Gasteiger partial charge in [-0.15, -0.1) is 0 Å². The second kappa shape index (κ2) is 4.90. The molecule has 1 aromatic heterocycles. The topological polar surface area (TPSA) is 41.1 Å². The molecule has 1 fully saturated rings. The van der Waals surface area contributed by atoms with Crippen molar-refractivity contribution in [3.8, 4) is 0 Å². The summed E-state index contributed by atoms with van der Waals surface area (Å²) in [5, 5.41) is 3.37. The van der Waals surface area contributed by atoms with E-state index in [0.29, 0.717) is 0 Å². The number of nitrogens with one attached hydrogen (secondary N) is 1. The molecule has 4 nitrogen and oxygen atoms in total. The quantitative estimate of drug-likeness (QED) is 0.854. The molecule has 0 aromatic carbocycles. The van der Waals surface area contributed by atoms with Crippen molar-refractivity contribution in [3.05, 3.63) is 12.4 Å². The van der Waals surface area contributed by atoms with Crippen molar-refractivity contribution in [1.82, 2.24) is 9.97 Å². The van der Waals surface area contributed by atoms with Crippen LogP contribution < -0.4 is 10.2 Å². The molecule has 1 aliphatic heterocycles. The van der Waals surface area contributed by atoms with Crippen LogP contribution in [0.2, 0.25) is 0 Å². The van der Waals surface area contributed by atoms with Crippen molar-refractivity contribution in [2.45, 2.75) is 45.6 Å². The predicted octanol–water partition coefficient (Wildman–Crippen LogP) is 2.68. The van der Waals surface area contributed by atoms with Crippen LogP contribution in [0.1, 0.15) is 40.0 Å². The Balaban J connectivity index is 2.02. The lowest BCUT2D eigenvalue weighted by Gasteiger charge is -2.27. The Morgan fingerprint density at radius 2 is 1.65 bits per heavy atom. The van der Waals surface area contributed by atoms with E-state index in [1.165, 1.54) is 19.3 Å². The average molecular weight is 234 g/mol. The molecule has 0 saturated carbocycles. The highest BCUT2D eigenvalue weighted by Crippen LogP contribution is 2.17. The van der Waals surface area contributed by atoms with Gasteiger partial charge in [-0.25, -0.2) is 9.97 Å². The number of nitrogens with zero attached hydrogens (tertiary/aromatic N) is 3. The van der Waals surface area contributed by atoms with Crippen LogP contribution >= 0.6 is 0 Å². The summed E-state index contributed by atoms with van der Waals surface area (Å²) >= 11 is 0. The van der Waals surface area contributed by atoms with Crippen LogP contribution in [0.4, 0.5) is 11.6 Å². The normalized spacial score (nSPS) is 17.0. The Morgan fingerprint density at radius 3 is 2.18 bits per heavy atom. The zero-order chi connectivity index (χ0) is 12.3. The van der Waals surface area contributed by atoms with Crippen molar-refractivity contribution in [3.63, 3.8) is 0 Å². The monoisotopic (exact) mass is 234 g/mol. The van der Waals surface area contributed by atoms with E-state index < -0.39 is 0 Å². The third kappa shape index (κ3) is 3.58. The van der Waals surface area contributed by atoms with Crippen LogP contribution in [-0.4, -0.2) is 28.6 Å². The molecule has 0 atom stereocenters. The van der Waals surface area contributed by atoms with Crippen LogP contribution in [0.3, 0.4) is 0 Å². The summed E-state index contributed by atoms with van der Waals surface area (Å²) in [5.41, 5.74) is 1.04. The second-order valence-electron chi connectivity index (χ2n) is 5.69. The fourth-order valence-corrected chi connectivity index (χ4v) is 2.08. The summed E-state index contributed by atoms with van der Waals surface area (Å²) < 4.78 is 0. The van der Waals surface area contributed by atoms with Crippen molar-refractivity contribution in [1.29, 1.82) is 0 Å². The van der Waals surface area contributed by atoms with Gasteiger partial charge in [-0.2, -0.15) is 0 Å². The fraction of sp³-hybridized carbons (Fsp3) is 0.692. The smallest absolute Gasteiger partial charge is 0.225 e. The number of anilines is 2. The minimum absolute atomic E-state index is 0.0516. The second-order valence-corrected chi connectivity index (χ2v) is 5.69. The van der Waals surface area contributed by atoms with E-state index >= 15 is 0 Å². The van der Waals surface area contributed by atoms with E-state index in [0.717, 1.165) is 24.7 Å². The first-order valence-corrected chi connectivity index (χ1v) is 6.40. The van der Waals surface area contributed by atoms with Crippen molar-refractivity contribution >= 4 is 11.6 Å². The maximum Gasteiger partial charge on any atom is 0.225 e. The zero-order valence-electron chi connectivity index (χ0n) is 11.0. The number of hydrogen-bond acceptors (Lipinski definition) is 4. The molecule has 4 heteroatoms. The lowest BCUT2D eigenvalue weighted by Crippen LogP contribution is -2.31. The molecule has 0 bridgehead atoms. The molecule has 0 unspecified atom stereocenters. The highest BCUT2D eigenvalue weighted by Gasteiger charge is 2.14. The van der Waals surface area contributed by atoms with Crippen LogP contribution in [0.15, 0.2) is 12.4 Å². The van der Waals surface area contributed by atoms with E-state index in [1.807, 2.05) is 12.4 Å². The largest absolute Gasteiger partial charge is 0.378 e. The lowest BCUT2D eigenvalue weighted by molar-refractivity contribution is 0.568. The summed E-state index contributed by atoms with van der Waals surface area (Å²) in [5.74, 6) is 0.865. The molecule has 0 spiro atoms. The third-order valence-electron chi connectivity index (χ3n) is 2.80. The zero-order valence-corrected chi connectivity index (χ0v) is 11.0. The van der Waals surface area contributed by atoms with E-state index in [9.17, 15) is 0 Å². The van der Waals surface area contributed by atoms with E-state index in [4.69, 9.17) is 0 Å².